The molecule has 2 aromatic rings. The van der Waals surface area contributed by atoms with Crippen LogP contribution < -0.4 is 10.9 Å². The molecule has 8 heteroatoms. The Labute approximate surface area is 199 Å². The van der Waals surface area contributed by atoms with Crippen LogP contribution >= 0.6 is 23.5 Å². The van der Waals surface area contributed by atoms with Gasteiger partial charge in [0.05, 0.1) is 24.5 Å². The first kappa shape index (κ1) is 23.6. The Hall–Kier alpha value is -1.54. The highest BCUT2D eigenvalue weighted by molar-refractivity contribution is 7.97. The normalized spacial score (nSPS) is 20.6. The van der Waals surface area contributed by atoms with Gasteiger partial charge in [-0.05, 0) is 67.2 Å². The molecule has 174 valence electrons. The number of hydrogen-bond donors (Lipinski definition) is 1. The molecule has 3 heterocycles. The van der Waals surface area contributed by atoms with E-state index in [1.54, 1.807) is 22.8 Å². The quantitative estimate of drug-likeness (QED) is 0.554. The van der Waals surface area contributed by atoms with Gasteiger partial charge >= 0.3 is 0 Å². The molecule has 0 amide bonds. The number of rotatable bonds is 7. The van der Waals surface area contributed by atoms with Crippen LogP contribution in [0.25, 0.3) is 0 Å². The molecule has 2 saturated heterocycles. The van der Waals surface area contributed by atoms with Crippen LogP contribution in [0, 0.1) is 5.92 Å². The van der Waals surface area contributed by atoms with Gasteiger partial charge in [0.1, 0.15) is 5.02 Å². The fourth-order valence-corrected chi connectivity index (χ4v) is 5.44. The van der Waals surface area contributed by atoms with E-state index >= 15 is 0 Å². The van der Waals surface area contributed by atoms with Crippen LogP contribution in [0.1, 0.15) is 57.1 Å². The van der Waals surface area contributed by atoms with E-state index in [1.165, 1.54) is 10.5 Å². The molecule has 0 aliphatic carbocycles. The number of aromatic nitrogens is 2. The van der Waals surface area contributed by atoms with Crippen molar-refractivity contribution in [1.29, 1.82) is 0 Å². The molecule has 6 nitrogen and oxygen atoms in total. The van der Waals surface area contributed by atoms with Crippen molar-refractivity contribution in [3.05, 3.63) is 51.4 Å². The van der Waals surface area contributed by atoms with E-state index in [4.69, 9.17) is 16.3 Å². The minimum atomic E-state index is -0.202. The summed E-state index contributed by atoms with van der Waals surface area (Å²) < 4.78 is 9.47. The van der Waals surface area contributed by atoms with Crippen LogP contribution in [-0.2, 0) is 4.74 Å². The third-order valence-electron chi connectivity index (χ3n) is 6.33. The molecule has 0 spiro atoms. The molecule has 0 saturated carbocycles. The lowest BCUT2D eigenvalue weighted by Gasteiger charge is -2.31. The van der Waals surface area contributed by atoms with Gasteiger partial charge < -0.3 is 10.1 Å². The van der Waals surface area contributed by atoms with Crippen molar-refractivity contribution in [2.75, 3.05) is 38.2 Å². The fourth-order valence-electron chi connectivity index (χ4n) is 4.29. The van der Waals surface area contributed by atoms with Gasteiger partial charge in [-0.1, -0.05) is 37.6 Å². The number of nitrogens with one attached hydrogen (secondary N) is 1. The largest absolute Gasteiger partial charge is 0.382 e. The topological polar surface area (TPSA) is 59.4 Å². The summed E-state index contributed by atoms with van der Waals surface area (Å²) in [6.45, 7) is 8.60. The third-order valence-corrected chi connectivity index (χ3v) is 7.80. The van der Waals surface area contributed by atoms with Crippen molar-refractivity contribution in [2.24, 2.45) is 5.92 Å². The maximum atomic E-state index is 12.9. The number of piperidine rings is 1. The Morgan fingerprint density at radius 1 is 1.22 bits per heavy atom. The van der Waals surface area contributed by atoms with Gasteiger partial charge in [-0.2, -0.15) is 5.10 Å². The summed E-state index contributed by atoms with van der Waals surface area (Å²) in [5.74, 6) is 0.996. The monoisotopic (exact) mass is 476 g/mol. The number of hydrogen-bond acceptors (Lipinski definition) is 6. The minimum Gasteiger partial charge on any atom is -0.382 e. The first-order valence-electron chi connectivity index (χ1n) is 11.6. The Morgan fingerprint density at radius 3 is 2.62 bits per heavy atom. The lowest BCUT2D eigenvalue weighted by molar-refractivity contribution is 0.0595. The van der Waals surface area contributed by atoms with Gasteiger partial charge in [0.15, 0.2) is 0 Å². The SMILES string of the molecule is CC(C)c1ccc(SN2CCC(n3ncc(NC[C@@H]4CCCOC4)c(Cl)c3=O)CC2)cc1. The highest BCUT2D eigenvalue weighted by atomic mass is 35.5. The summed E-state index contributed by atoms with van der Waals surface area (Å²) in [7, 11) is 0. The molecule has 2 fully saturated rings. The van der Waals surface area contributed by atoms with E-state index in [-0.39, 0.29) is 16.6 Å². The molecule has 4 rings (SSSR count). The third kappa shape index (κ3) is 5.87. The zero-order chi connectivity index (χ0) is 22.5. The van der Waals surface area contributed by atoms with E-state index in [9.17, 15) is 4.79 Å². The van der Waals surface area contributed by atoms with Crippen molar-refractivity contribution in [1.82, 2.24) is 14.1 Å². The number of benzene rings is 1. The van der Waals surface area contributed by atoms with Crippen molar-refractivity contribution in [3.63, 3.8) is 0 Å². The minimum absolute atomic E-state index is 0.0842. The smallest absolute Gasteiger partial charge is 0.287 e. The first-order valence-corrected chi connectivity index (χ1v) is 12.8. The average Bonchev–Trinajstić information content (AvgIpc) is 2.82. The second-order valence-electron chi connectivity index (χ2n) is 9.06. The van der Waals surface area contributed by atoms with Gasteiger partial charge in [-0.3, -0.25) is 4.79 Å². The lowest BCUT2D eigenvalue weighted by Crippen LogP contribution is -2.36. The molecular formula is C24H33ClN4O2S. The molecule has 0 unspecified atom stereocenters. The molecule has 0 radical (unpaired) electrons. The summed E-state index contributed by atoms with van der Waals surface area (Å²) in [6, 6.07) is 8.90. The average molecular weight is 477 g/mol. The van der Waals surface area contributed by atoms with Gasteiger partial charge in [-0.15, -0.1) is 0 Å². The lowest BCUT2D eigenvalue weighted by atomic mass is 10.0. The van der Waals surface area contributed by atoms with E-state index < -0.39 is 0 Å². The molecule has 1 aromatic heterocycles. The van der Waals surface area contributed by atoms with Gasteiger partial charge in [-0.25, -0.2) is 8.99 Å². The predicted octanol–water partition coefficient (Wildman–Crippen LogP) is 5.20. The van der Waals surface area contributed by atoms with Crippen LogP contribution in [0.4, 0.5) is 5.69 Å². The van der Waals surface area contributed by atoms with E-state index in [1.807, 2.05) is 0 Å². The van der Waals surface area contributed by atoms with Crippen LogP contribution in [0.3, 0.4) is 0 Å². The first-order chi connectivity index (χ1) is 15.5. The zero-order valence-electron chi connectivity index (χ0n) is 18.9. The molecular weight excluding hydrogens is 444 g/mol. The van der Waals surface area contributed by atoms with Crippen molar-refractivity contribution in [2.45, 2.75) is 56.4 Å². The molecule has 32 heavy (non-hydrogen) atoms. The standard InChI is InChI=1S/C24H33ClN4O2S/c1-17(2)19-5-7-21(8-6-19)32-28-11-9-20(10-12-28)29-24(30)23(25)22(15-27-29)26-14-18-4-3-13-31-16-18/h5-8,15,17-18,20,26H,3-4,9-14,16H2,1-2H3/t18-/m0/s1. The van der Waals surface area contributed by atoms with Gasteiger partial charge in [0, 0.05) is 31.1 Å². The summed E-state index contributed by atoms with van der Waals surface area (Å²) >= 11 is 8.22. The second-order valence-corrected chi connectivity index (χ2v) is 10.6. The summed E-state index contributed by atoms with van der Waals surface area (Å²) in [5.41, 5.74) is 1.78. The van der Waals surface area contributed by atoms with Crippen LogP contribution in [0.5, 0.6) is 0 Å². The van der Waals surface area contributed by atoms with E-state index in [0.29, 0.717) is 17.5 Å². The Morgan fingerprint density at radius 2 is 1.97 bits per heavy atom. The van der Waals surface area contributed by atoms with Crippen LogP contribution in [0.15, 0.2) is 40.2 Å². The fraction of sp³-hybridized carbons (Fsp3) is 0.583. The highest BCUT2D eigenvalue weighted by Crippen LogP contribution is 2.31. The predicted molar refractivity (Wildman–Crippen MR) is 132 cm³/mol. The Balaban J connectivity index is 1.31. The van der Waals surface area contributed by atoms with Crippen molar-refractivity contribution in [3.8, 4) is 0 Å². The molecule has 0 bridgehead atoms. The zero-order valence-corrected chi connectivity index (χ0v) is 20.5. The second kappa shape index (κ2) is 11.1. The number of halogens is 1. The maximum absolute atomic E-state index is 12.9. The van der Waals surface area contributed by atoms with Crippen molar-refractivity contribution >= 4 is 29.2 Å². The van der Waals surface area contributed by atoms with Crippen LogP contribution in [-0.4, -0.2) is 46.9 Å². The summed E-state index contributed by atoms with van der Waals surface area (Å²) in [6.07, 6.45) is 5.68. The molecule has 2 aliphatic heterocycles. The van der Waals surface area contributed by atoms with Gasteiger partial charge in [0.2, 0.25) is 0 Å². The maximum Gasteiger partial charge on any atom is 0.287 e. The number of ether oxygens (including phenoxy) is 1. The highest BCUT2D eigenvalue weighted by Gasteiger charge is 2.24. The Kier molecular flexibility index (Phi) is 8.16. The van der Waals surface area contributed by atoms with Gasteiger partial charge in [0.25, 0.3) is 5.56 Å². The molecule has 2 aliphatic rings. The van der Waals surface area contributed by atoms with Crippen LogP contribution in [0.2, 0.25) is 5.02 Å². The molecule has 1 N–H and O–H groups in total. The van der Waals surface area contributed by atoms with E-state index in [2.05, 4.69) is 52.8 Å². The van der Waals surface area contributed by atoms with E-state index in [0.717, 1.165) is 58.5 Å². The number of nitrogens with zero attached hydrogens (tertiary/aromatic N) is 3. The number of anilines is 1. The summed E-state index contributed by atoms with van der Waals surface area (Å²) in [5, 5.41) is 8.00. The molecule has 1 atom stereocenters. The summed E-state index contributed by atoms with van der Waals surface area (Å²) in [4.78, 5) is 14.1. The Bertz CT molecular complexity index is 936. The molecule has 1 aromatic carbocycles. The van der Waals surface area contributed by atoms with Crippen molar-refractivity contribution < 1.29 is 4.74 Å².